The van der Waals surface area contributed by atoms with Crippen LogP contribution >= 0.6 is 0 Å². The lowest BCUT2D eigenvalue weighted by molar-refractivity contribution is 0.488. The molecule has 0 saturated carbocycles. The van der Waals surface area contributed by atoms with Crippen LogP contribution in [-0.4, -0.2) is 15.0 Å². The fraction of sp³-hybridized carbons (Fsp3) is 0. The van der Waals surface area contributed by atoms with Gasteiger partial charge < -0.3 is 4.74 Å². The summed E-state index contributed by atoms with van der Waals surface area (Å²) in [5.74, 6) is 3.34. The molecule has 67 heavy (non-hydrogen) atoms. The summed E-state index contributed by atoms with van der Waals surface area (Å²) in [5.41, 5.74) is 18.2. The molecule has 4 heteroatoms. The summed E-state index contributed by atoms with van der Waals surface area (Å²) in [6.07, 6.45) is 0. The van der Waals surface area contributed by atoms with Crippen molar-refractivity contribution >= 4 is 0 Å². The predicted molar refractivity (Wildman–Crippen MR) is 274 cm³/mol. The highest BCUT2D eigenvalue weighted by atomic mass is 16.5. The van der Waals surface area contributed by atoms with Gasteiger partial charge in [0.15, 0.2) is 17.5 Å². The lowest BCUT2D eigenvalue weighted by atomic mass is 9.93. The maximum Gasteiger partial charge on any atom is 0.164 e. The fourth-order valence-corrected chi connectivity index (χ4v) is 9.13. The molecule has 11 aromatic rings. The van der Waals surface area contributed by atoms with Gasteiger partial charge in [-0.1, -0.05) is 188 Å². The molecule has 314 valence electrons. The van der Waals surface area contributed by atoms with Gasteiger partial charge in [-0.05, 0) is 127 Å². The average Bonchev–Trinajstić information content (AvgIpc) is 3.56. The van der Waals surface area contributed by atoms with E-state index >= 15 is 0 Å². The van der Waals surface area contributed by atoms with Crippen LogP contribution in [-0.2, 0) is 0 Å². The standard InChI is InChI=1S/C63H41N3O/c1-5-17-42(18-6-1)49-35-50(43-19-7-2-8-20-43)37-51(36-49)46-29-31-47(32-30-46)61-64-62(48-33-34-60-58(41-48)56-26-14-13-25-55(56)57-27-15-16-28-59(57)67-60)66-63(65-61)54-39-52(44-21-9-3-10-22-44)38-53(40-54)45-23-11-4-12-24-45/h1-41H. The van der Waals surface area contributed by atoms with Gasteiger partial charge in [0.2, 0.25) is 0 Å². The van der Waals surface area contributed by atoms with E-state index in [0.717, 1.165) is 95.0 Å². The highest BCUT2D eigenvalue weighted by Crippen LogP contribution is 2.47. The number of hydrogen-bond donors (Lipinski definition) is 0. The van der Waals surface area contributed by atoms with Crippen LogP contribution in [0.3, 0.4) is 0 Å². The second-order valence-electron chi connectivity index (χ2n) is 16.8. The Morgan fingerprint density at radius 3 is 0.985 bits per heavy atom. The zero-order valence-electron chi connectivity index (χ0n) is 36.4. The number of fused-ring (bicyclic) bond motifs is 5. The van der Waals surface area contributed by atoms with E-state index in [2.05, 4.69) is 218 Å². The molecular weight excluding hydrogens is 815 g/mol. The van der Waals surface area contributed by atoms with Gasteiger partial charge in [0.1, 0.15) is 11.5 Å². The van der Waals surface area contributed by atoms with Gasteiger partial charge in [0, 0.05) is 27.8 Å². The molecule has 0 N–H and O–H groups in total. The molecule has 4 nitrogen and oxygen atoms in total. The Morgan fingerprint density at radius 1 is 0.194 bits per heavy atom. The van der Waals surface area contributed by atoms with E-state index in [0.29, 0.717) is 17.5 Å². The largest absolute Gasteiger partial charge is 0.456 e. The summed E-state index contributed by atoms with van der Waals surface area (Å²) in [7, 11) is 0. The van der Waals surface area contributed by atoms with Crippen LogP contribution in [0.2, 0.25) is 0 Å². The number of benzene rings is 10. The number of hydrogen-bond acceptors (Lipinski definition) is 4. The molecule has 1 aliphatic heterocycles. The summed E-state index contributed by atoms with van der Waals surface area (Å²) >= 11 is 0. The van der Waals surface area contributed by atoms with Gasteiger partial charge in [-0.25, -0.2) is 15.0 Å². The predicted octanol–water partition coefficient (Wildman–Crippen LogP) is 16.6. The monoisotopic (exact) mass is 855 g/mol. The van der Waals surface area contributed by atoms with E-state index in [1.165, 1.54) is 11.1 Å². The molecule has 2 heterocycles. The minimum absolute atomic E-state index is 0.570. The molecular formula is C63H41N3O. The van der Waals surface area contributed by atoms with E-state index in [4.69, 9.17) is 19.7 Å². The molecule has 1 aliphatic rings. The van der Waals surface area contributed by atoms with Gasteiger partial charge in [-0.15, -0.1) is 0 Å². The molecule has 0 bridgehead atoms. The summed E-state index contributed by atoms with van der Waals surface area (Å²) in [4.78, 5) is 15.9. The average molecular weight is 856 g/mol. The first-order chi connectivity index (χ1) is 33.2. The van der Waals surface area contributed by atoms with Crippen LogP contribution in [0.1, 0.15) is 0 Å². The molecule has 0 fully saturated rings. The third kappa shape index (κ3) is 7.88. The fourth-order valence-electron chi connectivity index (χ4n) is 9.13. The van der Waals surface area contributed by atoms with Crippen molar-refractivity contribution in [2.75, 3.05) is 0 Å². The Hall–Kier alpha value is -8.99. The van der Waals surface area contributed by atoms with E-state index < -0.39 is 0 Å². The van der Waals surface area contributed by atoms with Crippen molar-refractivity contribution in [3.63, 3.8) is 0 Å². The summed E-state index contributed by atoms with van der Waals surface area (Å²) < 4.78 is 6.63. The van der Waals surface area contributed by atoms with Crippen LogP contribution in [0, 0.1) is 0 Å². The summed E-state index contributed by atoms with van der Waals surface area (Å²) in [5, 5.41) is 0. The molecule has 12 rings (SSSR count). The molecule has 0 unspecified atom stereocenters. The highest BCUT2D eigenvalue weighted by molar-refractivity contribution is 5.92. The minimum atomic E-state index is 0.570. The van der Waals surface area contributed by atoms with Crippen LogP contribution in [0.4, 0.5) is 0 Å². The van der Waals surface area contributed by atoms with Crippen molar-refractivity contribution in [1.29, 1.82) is 0 Å². The molecule has 0 amide bonds. The molecule has 0 spiro atoms. The van der Waals surface area contributed by atoms with Crippen molar-refractivity contribution in [2.24, 2.45) is 0 Å². The van der Waals surface area contributed by atoms with E-state index in [1.807, 2.05) is 30.3 Å². The smallest absolute Gasteiger partial charge is 0.164 e. The lowest BCUT2D eigenvalue weighted by Gasteiger charge is -2.14. The van der Waals surface area contributed by atoms with Crippen molar-refractivity contribution in [3.8, 4) is 124 Å². The highest BCUT2D eigenvalue weighted by Gasteiger charge is 2.22. The van der Waals surface area contributed by atoms with Crippen LogP contribution in [0.25, 0.3) is 112 Å². The zero-order chi connectivity index (χ0) is 44.5. The molecule has 0 radical (unpaired) electrons. The molecule has 1 aromatic heterocycles. The third-order valence-corrected chi connectivity index (χ3v) is 12.5. The van der Waals surface area contributed by atoms with Crippen LogP contribution in [0.15, 0.2) is 249 Å². The normalized spacial score (nSPS) is 11.4. The Kier molecular flexibility index (Phi) is 10.2. The number of nitrogens with zero attached hydrogens (tertiary/aromatic N) is 3. The van der Waals surface area contributed by atoms with Crippen LogP contribution < -0.4 is 4.74 Å². The molecule has 0 atom stereocenters. The Morgan fingerprint density at radius 2 is 0.507 bits per heavy atom. The quantitative estimate of drug-likeness (QED) is 0.153. The van der Waals surface area contributed by atoms with Gasteiger partial charge in [-0.3, -0.25) is 0 Å². The zero-order valence-corrected chi connectivity index (χ0v) is 36.4. The van der Waals surface area contributed by atoms with Gasteiger partial charge in [0.05, 0.1) is 0 Å². The summed E-state index contributed by atoms with van der Waals surface area (Å²) in [6.45, 7) is 0. The van der Waals surface area contributed by atoms with Crippen molar-refractivity contribution in [3.05, 3.63) is 249 Å². The second-order valence-corrected chi connectivity index (χ2v) is 16.8. The molecule has 0 aliphatic carbocycles. The molecule has 10 aromatic carbocycles. The maximum absolute atomic E-state index is 6.63. The van der Waals surface area contributed by atoms with E-state index in [9.17, 15) is 0 Å². The lowest BCUT2D eigenvalue weighted by Crippen LogP contribution is -2.01. The molecule has 0 saturated heterocycles. The van der Waals surface area contributed by atoms with Crippen molar-refractivity contribution < 1.29 is 4.74 Å². The second kappa shape index (κ2) is 17.2. The van der Waals surface area contributed by atoms with E-state index in [-0.39, 0.29) is 0 Å². The van der Waals surface area contributed by atoms with Crippen LogP contribution in [0.5, 0.6) is 11.5 Å². The van der Waals surface area contributed by atoms with Gasteiger partial charge in [-0.2, -0.15) is 0 Å². The Bertz CT molecular complexity index is 3460. The van der Waals surface area contributed by atoms with Gasteiger partial charge >= 0.3 is 0 Å². The minimum Gasteiger partial charge on any atom is -0.456 e. The van der Waals surface area contributed by atoms with Crippen molar-refractivity contribution in [2.45, 2.75) is 0 Å². The first-order valence-corrected chi connectivity index (χ1v) is 22.6. The number of aromatic nitrogens is 3. The summed E-state index contributed by atoms with van der Waals surface area (Å²) in [6, 6.07) is 87.1. The number of rotatable bonds is 8. The number of ether oxygens (including phenoxy) is 1. The topological polar surface area (TPSA) is 47.9 Å². The third-order valence-electron chi connectivity index (χ3n) is 12.5. The van der Waals surface area contributed by atoms with E-state index in [1.54, 1.807) is 0 Å². The Balaban J connectivity index is 1.02. The van der Waals surface area contributed by atoms with Crippen molar-refractivity contribution in [1.82, 2.24) is 15.0 Å². The Labute approximate surface area is 390 Å². The first kappa shape index (κ1) is 39.6. The van der Waals surface area contributed by atoms with Gasteiger partial charge in [0.25, 0.3) is 0 Å². The SMILES string of the molecule is c1ccc(-c2cc(-c3ccccc3)cc(-c3ccc(-c4nc(-c5cc(-c6ccccc6)cc(-c6ccccc6)c5)nc(-c5ccc6c(c5)-c5ccccc5-c5ccccc5O6)n4)cc3)c2)cc1. The first-order valence-electron chi connectivity index (χ1n) is 22.6. The number of para-hydroxylation sites is 1. The maximum atomic E-state index is 6.63.